The maximum absolute atomic E-state index is 13.0. The van der Waals surface area contributed by atoms with Crippen LogP contribution in [0.1, 0.15) is 27.7 Å². The van der Waals surface area contributed by atoms with Crippen LogP contribution in [0.3, 0.4) is 0 Å². The first-order chi connectivity index (χ1) is 16.2. The molecule has 188 valence electrons. The lowest BCUT2D eigenvalue weighted by Crippen LogP contribution is -2.41. The number of esters is 2. The third kappa shape index (κ3) is 5.38. The number of alkyl halides is 3. The van der Waals surface area contributed by atoms with Gasteiger partial charge in [0.1, 0.15) is 11.4 Å². The van der Waals surface area contributed by atoms with Gasteiger partial charge in [0.15, 0.2) is 0 Å². The Morgan fingerprint density at radius 2 is 1.57 bits per heavy atom. The van der Waals surface area contributed by atoms with E-state index < -0.39 is 42.4 Å². The zero-order valence-electron chi connectivity index (χ0n) is 20.1. The number of carbonyl (C=O) groups is 2. The molecule has 1 fully saturated rings. The van der Waals surface area contributed by atoms with Crippen molar-refractivity contribution in [2.75, 3.05) is 19.1 Å². The van der Waals surface area contributed by atoms with Crippen molar-refractivity contribution in [2.45, 2.75) is 45.3 Å². The average molecular weight is 495 g/mol. The number of methoxy groups -OCH3 is 2. The first kappa shape index (κ1) is 26.4. The molecule has 0 radical (unpaired) electrons. The molecule has 2 aliphatic heterocycles. The topological polar surface area (TPSA) is 83.5 Å². The van der Waals surface area contributed by atoms with Crippen molar-refractivity contribution < 1.29 is 46.3 Å². The van der Waals surface area contributed by atoms with E-state index in [-0.39, 0.29) is 22.4 Å². The van der Waals surface area contributed by atoms with E-state index in [2.05, 4.69) is 4.74 Å². The van der Waals surface area contributed by atoms with Gasteiger partial charge in [0.2, 0.25) is 0 Å². The molecular formula is C23H25BF3NO7. The molecule has 1 saturated heterocycles. The van der Waals surface area contributed by atoms with Gasteiger partial charge in [0.25, 0.3) is 0 Å². The summed E-state index contributed by atoms with van der Waals surface area (Å²) in [5, 5.41) is 0. The van der Waals surface area contributed by atoms with E-state index >= 15 is 0 Å². The first-order valence-electron chi connectivity index (χ1n) is 10.5. The second-order valence-electron chi connectivity index (χ2n) is 8.67. The summed E-state index contributed by atoms with van der Waals surface area (Å²) in [5.41, 5.74) is -1.66. The predicted octanol–water partition coefficient (Wildman–Crippen LogP) is 3.37. The average Bonchev–Trinajstić information content (AvgIpc) is 2.90. The lowest BCUT2D eigenvalue weighted by atomic mass is 9.77. The predicted molar refractivity (Wildman–Crippen MR) is 121 cm³/mol. The van der Waals surface area contributed by atoms with E-state index in [1.165, 1.54) is 35.4 Å². The van der Waals surface area contributed by atoms with Crippen molar-refractivity contribution in [3.8, 4) is 5.75 Å². The summed E-state index contributed by atoms with van der Waals surface area (Å²) in [6.07, 6.45) is 0.723. The number of allylic oxidation sites excluding steroid dienone is 2. The summed E-state index contributed by atoms with van der Waals surface area (Å²) in [6.45, 7) is 7.27. The summed E-state index contributed by atoms with van der Waals surface area (Å²) in [5.74, 6) is -2.33. The molecule has 2 aliphatic rings. The highest BCUT2D eigenvalue weighted by molar-refractivity contribution is 6.64. The van der Waals surface area contributed by atoms with Crippen molar-refractivity contribution in [3.05, 3.63) is 53.9 Å². The van der Waals surface area contributed by atoms with Crippen molar-refractivity contribution in [3.63, 3.8) is 0 Å². The SMILES string of the molecule is COC(=O)C1=C(C(=O)OC)N(c2cc(OC(F)(F)F)ccc2B2OC(C)(C)C(C)(C)O2)C=CC=C1. The summed E-state index contributed by atoms with van der Waals surface area (Å²) in [4.78, 5) is 26.5. The minimum absolute atomic E-state index is 0.0343. The second-order valence-corrected chi connectivity index (χ2v) is 8.67. The zero-order chi connectivity index (χ0) is 26.2. The van der Waals surface area contributed by atoms with E-state index in [4.69, 9.17) is 18.8 Å². The van der Waals surface area contributed by atoms with Gasteiger partial charge in [0, 0.05) is 23.4 Å². The molecule has 0 atom stereocenters. The lowest BCUT2D eigenvalue weighted by molar-refractivity contribution is -0.274. The van der Waals surface area contributed by atoms with Crippen LogP contribution >= 0.6 is 0 Å². The molecule has 12 heteroatoms. The maximum atomic E-state index is 13.0. The number of rotatable bonds is 5. The molecule has 1 aromatic carbocycles. The van der Waals surface area contributed by atoms with Gasteiger partial charge in [-0.3, -0.25) is 0 Å². The fourth-order valence-electron chi connectivity index (χ4n) is 3.45. The Kier molecular flexibility index (Phi) is 7.10. The number of anilines is 1. The molecule has 1 aromatic rings. The van der Waals surface area contributed by atoms with Crippen molar-refractivity contribution >= 4 is 30.2 Å². The molecular weight excluding hydrogens is 470 g/mol. The molecule has 35 heavy (non-hydrogen) atoms. The van der Waals surface area contributed by atoms with E-state index in [0.29, 0.717) is 0 Å². The Hall–Kier alpha value is -3.25. The smallest absolute Gasteiger partial charge is 0.465 e. The number of benzene rings is 1. The zero-order valence-corrected chi connectivity index (χ0v) is 20.1. The largest absolute Gasteiger partial charge is 0.573 e. The lowest BCUT2D eigenvalue weighted by Gasteiger charge is -2.32. The highest BCUT2D eigenvalue weighted by atomic mass is 19.4. The van der Waals surface area contributed by atoms with Crippen molar-refractivity contribution in [2.24, 2.45) is 0 Å². The summed E-state index contributed by atoms with van der Waals surface area (Å²) in [6, 6.07) is 3.53. The minimum atomic E-state index is -4.96. The molecule has 0 aromatic heterocycles. The monoisotopic (exact) mass is 495 g/mol. The minimum Gasteiger partial charge on any atom is -0.465 e. The molecule has 0 saturated carbocycles. The molecule has 3 rings (SSSR count). The van der Waals surface area contributed by atoms with Gasteiger partial charge in [-0.2, -0.15) is 0 Å². The van der Waals surface area contributed by atoms with Gasteiger partial charge >= 0.3 is 25.4 Å². The van der Waals surface area contributed by atoms with Crippen LogP contribution in [0.15, 0.2) is 53.9 Å². The van der Waals surface area contributed by atoms with E-state index in [1.54, 1.807) is 0 Å². The van der Waals surface area contributed by atoms with Gasteiger partial charge < -0.3 is 28.4 Å². The van der Waals surface area contributed by atoms with Gasteiger partial charge in [-0.15, -0.1) is 13.2 Å². The summed E-state index contributed by atoms with van der Waals surface area (Å²) in [7, 11) is 1.23. The number of halogens is 3. The van der Waals surface area contributed by atoms with Gasteiger partial charge in [-0.05, 0) is 45.9 Å². The molecule has 2 heterocycles. The van der Waals surface area contributed by atoms with E-state index in [1.807, 2.05) is 27.7 Å². The molecule has 0 aliphatic carbocycles. The quantitative estimate of drug-likeness (QED) is 0.455. The third-order valence-corrected chi connectivity index (χ3v) is 5.89. The number of carbonyl (C=O) groups excluding carboxylic acids is 2. The fraction of sp³-hybridized carbons (Fsp3) is 0.391. The molecule has 0 spiro atoms. The molecule has 8 nitrogen and oxygen atoms in total. The van der Waals surface area contributed by atoms with Crippen LogP contribution in [0, 0.1) is 0 Å². The van der Waals surface area contributed by atoms with Crippen LogP contribution in [0.4, 0.5) is 18.9 Å². The number of hydrogen-bond acceptors (Lipinski definition) is 8. The Morgan fingerprint density at radius 3 is 2.11 bits per heavy atom. The van der Waals surface area contributed by atoms with Crippen LogP contribution in [0.5, 0.6) is 5.75 Å². The highest BCUT2D eigenvalue weighted by Gasteiger charge is 2.52. The van der Waals surface area contributed by atoms with Crippen molar-refractivity contribution in [1.82, 2.24) is 0 Å². The van der Waals surface area contributed by atoms with Crippen LogP contribution in [0.25, 0.3) is 0 Å². The number of ether oxygens (including phenoxy) is 3. The number of hydrogen-bond donors (Lipinski definition) is 0. The van der Waals surface area contributed by atoms with Gasteiger partial charge in [-0.1, -0.05) is 12.1 Å². The molecule has 0 N–H and O–H groups in total. The highest BCUT2D eigenvalue weighted by Crippen LogP contribution is 2.38. The Bertz CT molecular complexity index is 1090. The molecule has 0 bridgehead atoms. The van der Waals surface area contributed by atoms with Gasteiger partial charge in [0.05, 0.1) is 31.0 Å². The van der Waals surface area contributed by atoms with Crippen LogP contribution in [-0.2, 0) is 28.4 Å². The maximum Gasteiger partial charge on any atom is 0.573 e. The normalized spacial score (nSPS) is 19.0. The number of nitrogens with zero attached hydrogens (tertiary/aromatic N) is 1. The fourth-order valence-corrected chi connectivity index (χ4v) is 3.45. The summed E-state index contributed by atoms with van der Waals surface area (Å²) >= 11 is 0. The Balaban J connectivity index is 2.26. The van der Waals surface area contributed by atoms with Gasteiger partial charge in [-0.25, -0.2) is 9.59 Å². The molecule has 0 amide bonds. The van der Waals surface area contributed by atoms with E-state index in [9.17, 15) is 22.8 Å². The summed E-state index contributed by atoms with van der Waals surface area (Å²) < 4.78 is 65.0. The standard InChI is InChI=1S/C23H25BF3NO7/c1-21(2)22(3,4)35-24(34-21)16-11-10-14(33-23(25,26)27)13-17(16)28-12-8-7-9-15(19(29)31-5)18(28)20(30)32-6/h7-13H,1-6H3. The Labute approximate surface area is 201 Å². The Morgan fingerprint density at radius 1 is 0.971 bits per heavy atom. The van der Waals surface area contributed by atoms with Crippen LogP contribution in [0.2, 0.25) is 0 Å². The third-order valence-electron chi connectivity index (χ3n) is 5.89. The second kappa shape index (κ2) is 9.42. The van der Waals surface area contributed by atoms with E-state index in [0.717, 1.165) is 26.4 Å². The first-order valence-corrected chi connectivity index (χ1v) is 10.5. The van der Waals surface area contributed by atoms with Crippen molar-refractivity contribution in [1.29, 1.82) is 0 Å². The molecule has 0 unspecified atom stereocenters. The van der Waals surface area contributed by atoms with Crippen LogP contribution < -0.4 is 15.1 Å². The van der Waals surface area contributed by atoms with Crippen LogP contribution in [-0.4, -0.2) is 50.8 Å².